The van der Waals surface area contributed by atoms with Crippen LogP contribution in [0.15, 0.2) is 24.3 Å². The Morgan fingerprint density at radius 3 is 2.46 bits per heavy atom. The number of carbonyl (C=O) groups excluding carboxylic acids is 1. The maximum Gasteiger partial charge on any atom is 0.260 e. The zero-order valence-electron chi connectivity index (χ0n) is 7.37. The molecule has 0 atom stereocenters. The van der Waals surface area contributed by atoms with E-state index in [4.69, 9.17) is 5.41 Å². The molecule has 0 aromatic heterocycles. The minimum Gasteiger partial charge on any atom is -0.293 e. The monoisotopic (exact) mass is 174 g/mol. The van der Waals surface area contributed by atoms with Crippen molar-refractivity contribution in [2.45, 2.75) is 6.92 Å². The van der Waals surface area contributed by atoms with Gasteiger partial charge in [0.05, 0.1) is 5.56 Å². The molecule has 1 aromatic carbocycles. The van der Waals surface area contributed by atoms with Gasteiger partial charge in [-0.15, -0.1) is 0 Å². The first kappa shape index (κ1) is 7.98. The Hall–Kier alpha value is -1.64. The first-order valence-corrected chi connectivity index (χ1v) is 4.25. The molecule has 1 aliphatic rings. The lowest BCUT2D eigenvalue weighted by Gasteiger charge is -2.11. The van der Waals surface area contributed by atoms with Crippen LogP contribution in [-0.4, -0.2) is 23.2 Å². The van der Waals surface area contributed by atoms with Crippen molar-refractivity contribution in [3.63, 3.8) is 0 Å². The molecule has 1 aromatic rings. The van der Waals surface area contributed by atoms with Gasteiger partial charge in [-0.2, -0.15) is 0 Å². The van der Waals surface area contributed by atoms with Crippen molar-refractivity contribution in [2.75, 3.05) is 6.54 Å². The lowest BCUT2D eigenvalue weighted by Crippen LogP contribution is -2.29. The second kappa shape index (κ2) is 2.69. The fraction of sp³-hybridized carbons (Fsp3) is 0.200. The molecule has 0 fully saturated rings. The van der Waals surface area contributed by atoms with E-state index in [1.165, 1.54) is 4.90 Å². The van der Waals surface area contributed by atoms with Crippen LogP contribution in [0.5, 0.6) is 0 Å². The Balaban J connectivity index is 2.57. The van der Waals surface area contributed by atoms with Crippen molar-refractivity contribution in [3.05, 3.63) is 35.4 Å². The number of hydrogen-bond acceptors (Lipinski definition) is 2. The fourth-order valence-corrected chi connectivity index (χ4v) is 1.57. The molecule has 0 unspecified atom stereocenters. The molecule has 2 rings (SSSR count). The van der Waals surface area contributed by atoms with Crippen molar-refractivity contribution in [3.8, 4) is 0 Å². The second-order valence-corrected chi connectivity index (χ2v) is 2.94. The van der Waals surface area contributed by atoms with Crippen molar-refractivity contribution in [1.82, 2.24) is 4.90 Å². The van der Waals surface area contributed by atoms with E-state index in [2.05, 4.69) is 0 Å². The Morgan fingerprint density at radius 1 is 1.31 bits per heavy atom. The van der Waals surface area contributed by atoms with E-state index < -0.39 is 0 Å². The van der Waals surface area contributed by atoms with Gasteiger partial charge in [-0.05, 0) is 13.0 Å². The van der Waals surface area contributed by atoms with Gasteiger partial charge >= 0.3 is 0 Å². The zero-order chi connectivity index (χ0) is 9.42. The third kappa shape index (κ3) is 0.967. The van der Waals surface area contributed by atoms with Gasteiger partial charge in [0.2, 0.25) is 0 Å². The van der Waals surface area contributed by atoms with Gasteiger partial charge < -0.3 is 0 Å². The predicted octanol–water partition coefficient (Wildman–Crippen LogP) is 1.49. The molecule has 3 nitrogen and oxygen atoms in total. The molecule has 1 N–H and O–H groups in total. The quantitative estimate of drug-likeness (QED) is 0.688. The maximum atomic E-state index is 11.6. The summed E-state index contributed by atoms with van der Waals surface area (Å²) >= 11 is 0. The largest absolute Gasteiger partial charge is 0.293 e. The van der Waals surface area contributed by atoms with E-state index in [9.17, 15) is 4.79 Å². The first-order chi connectivity index (χ1) is 6.25. The molecular weight excluding hydrogens is 164 g/mol. The number of carbonyl (C=O) groups is 1. The number of benzene rings is 1. The van der Waals surface area contributed by atoms with Gasteiger partial charge in [-0.3, -0.25) is 15.1 Å². The van der Waals surface area contributed by atoms with Crippen LogP contribution in [-0.2, 0) is 0 Å². The number of hydrogen-bond donors (Lipinski definition) is 1. The molecule has 13 heavy (non-hydrogen) atoms. The van der Waals surface area contributed by atoms with Crippen LogP contribution in [0.3, 0.4) is 0 Å². The minimum atomic E-state index is -0.0527. The lowest BCUT2D eigenvalue weighted by molar-refractivity contribution is 0.0864. The molecule has 0 aliphatic carbocycles. The summed E-state index contributed by atoms with van der Waals surface area (Å²) in [5.74, 6) is 0.270. The molecule has 0 spiro atoms. The molecule has 0 saturated carbocycles. The standard InChI is InChI=1S/C10H10N2O/c1-2-12-9(11)7-5-3-4-6-8(7)10(12)13/h3-6,11H,2H2,1H3. The maximum absolute atomic E-state index is 11.6. The summed E-state index contributed by atoms with van der Waals surface area (Å²) in [5.41, 5.74) is 1.39. The van der Waals surface area contributed by atoms with Crippen LogP contribution in [0.1, 0.15) is 22.8 Å². The van der Waals surface area contributed by atoms with E-state index in [1.54, 1.807) is 6.07 Å². The smallest absolute Gasteiger partial charge is 0.260 e. The molecule has 66 valence electrons. The van der Waals surface area contributed by atoms with Gasteiger partial charge in [0.15, 0.2) is 0 Å². The third-order valence-electron chi connectivity index (χ3n) is 2.24. The summed E-state index contributed by atoms with van der Waals surface area (Å²) in [7, 11) is 0. The summed E-state index contributed by atoms with van der Waals surface area (Å²) in [6.45, 7) is 2.44. The Kier molecular flexibility index (Phi) is 1.65. The third-order valence-corrected chi connectivity index (χ3v) is 2.24. The predicted molar refractivity (Wildman–Crippen MR) is 50.0 cm³/mol. The van der Waals surface area contributed by atoms with E-state index >= 15 is 0 Å². The minimum absolute atomic E-state index is 0.0527. The van der Waals surface area contributed by atoms with Gasteiger partial charge in [0, 0.05) is 12.1 Å². The number of rotatable bonds is 1. The van der Waals surface area contributed by atoms with Crippen molar-refractivity contribution >= 4 is 11.7 Å². The van der Waals surface area contributed by atoms with Crippen molar-refractivity contribution in [2.24, 2.45) is 0 Å². The number of nitrogens with zero attached hydrogens (tertiary/aromatic N) is 1. The summed E-state index contributed by atoms with van der Waals surface area (Å²) in [6.07, 6.45) is 0. The van der Waals surface area contributed by atoms with Gasteiger partial charge in [0.25, 0.3) is 5.91 Å². The Morgan fingerprint density at radius 2 is 1.92 bits per heavy atom. The number of fused-ring (bicyclic) bond motifs is 1. The Bertz CT molecular complexity index is 349. The van der Waals surface area contributed by atoms with Crippen LogP contribution in [0.4, 0.5) is 0 Å². The van der Waals surface area contributed by atoms with Crippen LogP contribution in [0, 0.1) is 5.41 Å². The van der Waals surface area contributed by atoms with Crippen molar-refractivity contribution in [1.29, 1.82) is 5.41 Å². The molecule has 1 amide bonds. The van der Waals surface area contributed by atoms with Crippen LogP contribution >= 0.6 is 0 Å². The number of amidine groups is 1. The van der Waals surface area contributed by atoms with Gasteiger partial charge in [0.1, 0.15) is 5.84 Å². The SMILES string of the molecule is CCN1C(=N)c2ccccc2C1=O. The molecule has 3 heteroatoms. The average molecular weight is 174 g/mol. The fourth-order valence-electron chi connectivity index (χ4n) is 1.57. The molecule has 0 saturated heterocycles. The summed E-state index contributed by atoms with van der Waals surface area (Å²) in [4.78, 5) is 13.1. The van der Waals surface area contributed by atoms with Crippen LogP contribution in [0.2, 0.25) is 0 Å². The molecule has 1 heterocycles. The molecule has 0 bridgehead atoms. The van der Waals surface area contributed by atoms with E-state index in [0.29, 0.717) is 17.9 Å². The molecular formula is C10H10N2O. The van der Waals surface area contributed by atoms with Gasteiger partial charge in [-0.1, -0.05) is 18.2 Å². The van der Waals surface area contributed by atoms with Crippen LogP contribution < -0.4 is 0 Å². The highest BCUT2D eigenvalue weighted by molar-refractivity contribution is 6.22. The normalized spacial score (nSPS) is 15.0. The summed E-state index contributed by atoms with van der Waals surface area (Å²) in [6, 6.07) is 7.25. The van der Waals surface area contributed by atoms with Gasteiger partial charge in [-0.25, -0.2) is 0 Å². The average Bonchev–Trinajstić information content (AvgIpc) is 2.41. The molecule has 1 aliphatic heterocycles. The number of amides is 1. The lowest BCUT2D eigenvalue weighted by atomic mass is 10.1. The van der Waals surface area contributed by atoms with E-state index in [0.717, 1.165) is 5.56 Å². The van der Waals surface area contributed by atoms with Crippen LogP contribution in [0.25, 0.3) is 0 Å². The topological polar surface area (TPSA) is 44.2 Å². The van der Waals surface area contributed by atoms with Crippen molar-refractivity contribution < 1.29 is 4.79 Å². The summed E-state index contributed by atoms with van der Waals surface area (Å²) < 4.78 is 0. The summed E-state index contributed by atoms with van der Waals surface area (Å²) in [5, 5.41) is 7.72. The second-order valence-electron chi connectivity index (χ2n) is 2.94. The first-order valence-electron chi connectivity index (χ1n) is 4.25. The molecule has 0 radical (unpaired) electrons. The van der Waals surface area contributed by atoms with E-state index in [-0.39, 0.29) is 5.91 Å². The van der Waals surface area contributed by atoms with E-state index in [1.807, 2.05) is 25.1 Å². The zero-order valence-corrected chi connectivity index (χ0v) is 7.37. The Labute approximate surface area is 76.5 Å². The highest BCUT2D eigenvalue weighted by Gasteiger charge is 2.30. The number of nitrogens with one attached hydrogen (secondary N) is 1. The highest BCUT2D eigenvalue weighted by atomic mass is 16.2. The highest BCUT2D eigenvalue weighted by Crippen LogP contribution is 2.21.